The number of rotatable bonds is 5. The maximum atomic E-state index is 14.3. The Balaban J connectivity index is 0.000000878. The molecule has 0 spiro atoms. The van der Waals surface area contributed by atoms with E-state index < -0.39 is 5.82 Å². The number of hydrogen-bond donors (Lipinski definition) is 4. The molecule has 0 aromatic heterocycles. The third-order valence-corrected chi connectivity index (χ3v) is 4.09. The number of carbonyl (C=O) groups excluding carboxylic acids is 1. The number of nitrogen functional groups attached to an aromatic ring is 1. The molecular weight excluding hydrogens is 359 g/mol. The Morgan fingerprint density at radius 1 is 1.21 bits per heavy atom. The van der Waals surface area contributed by atoms with Crippen LogP contribution in [0.2, 0.25) is 0 Å². The van der Waals surface area contributed by atoms with Crippen molar-refractivity contribution in [1.82, 2.24) is 10.6 Å². The van der Waals surface area contributed by atoms with Gasteiger partial charge in [-0.25, -0.2) is 4.39 Å². The van der Waals surface area contributed by atoms with Crippen LogP contribution in [-0.2, 0) is 4.79 Å². The van der Waals surface area contributed by atoms with Crippen LogP contribution >= 0.6 is 0 Å². The SMILES string of the molecule is CNC.COc1cccc(F)c1-c1cccc(/C=C(\N)C(=O)NC2CC2)c1N. The Labute approximate surface area is 164 Å². The highest BCUT2D eigenvalue weighted by atomic mass is 19.1. The molecule has 6 nitrogen and oxygen atoms in total. The lowest BCUT2D eigenvalue weighted by Crippen LogP contribution is -2.30. The number of methoxy groups -OCH3 is 1. The molecule has 0 saturated heterocycles. The second-order valence-corrected chi connectivity index (χ2v) is 6.47. The van der Waals surface area contributed by atoms with Gasteiger partial charge in [0, 0.05) is 22.9 Å². The van der Waals surface area contributed by atoms with Crippen LogP contribution < -0.4 is 26.8 Å². The number of nitrogens with two attached hydrogens (primary N) is 2. The fourth-order valence-corrected chi connectivity index (χ4v) is 2.59. The molecule has 150 valence electrons. The zero-order valence-electron chi connectivity index (χ0n) is 16.4. The van der Waals surface area contributed by atoms with Gasteiger partial charge >= 0.3 is 0 Å². The molecule has 0 aliphatic heterocycles. The molecule has 1 aliphatic carbocycles. The van der Waals surface area contributed by atoms with Gasteiger partial charge in [-0.15, -0.1) is 0 Å². The molecule has 1 saturated carbocycles. The summed E-state index contributed by atoms with van der Waals surface area (Å²) in [6.45, 7) is 0. The van der Waals surface area contributed by atoms with Crippen LogP contribution in [0.5, 0.6) is 5.75 Å². The lowest BCUT2D eigenvalue weighted by Gasteiger charge is -2.14. The summed E-state index contributed by atoms with van der Waals surface area (Å²) >= 11 is 0. The van der Waals surface area contributed by atoms with Gasteiger partial charge in [0.25, 0.3) is 5.91 Å². The Hall–Kier alpha value is -3.06. The minimum atomic E-state index is -0.438. The molecule has 0 atom stereocenters. The van der Waals surface area contributed by atoms with Gasteiger partial charge in [-0.2, -0.15) is 0 Å². The molecule has 1 aliphatic rings. The average molecular weight is 386 g/mol. The van der Waals surface area contributed by atoms with Crippen molar-refractivity contribution in [2.24, 2.45) is 5.73 Å². The number of hydrogen-bond acceptors (Lipinski definition) is 5. The highest BCUT2D eigenvalue weighted by molar-refractivity contribution is 5.99. The number of nitrogens with one attached hydrogen (secondary N) is 2. The van der Waals surface area contributed by atoms with E-state index in [1.54, 1.807) is 30.3 Å². The number of para-hydroxylation sites is 1. The first-order chi connectivity index (χ1) is 13.4. The summed E-state index contributed by atoms with van der Waals surface area (Å²) in [5.74, 6) is -0.380. The number of benzene rings is 2. The standard InChI is InChI=1S/C19H20FN3O2.C2H7N/c1-25-16-7-3-6-14(20)17(16)13-5-2-4-11(18(13)22)10-15(21)19(24)23-12-8-9-12;1-3-2/h2-7,10,12H,8-9,21-22H2,1H3,(H,23,24);3H,1-2H3/b15-10-;. The summed E-state index contributed by atoms with van der Waals surface area (Å²) < 4.78 is 19.6. The molecule has 1 amide bonds. The molecule has 28 heavy (non-hydrogen) atoms. The molecule has 0 bridgehead atoms. The summed E-state index contributed by atoms with van der Waals surface area (Å²) in [5, 5.41) is 5.56. The van der Waals surface area contributed by atoms with Crippen molar-refractivity contribution in [3.8, 4) is 16.9 Å². The Bertz CT molecular complexity index is 863. The monoisotopic (exact) mass is 386 g/mol. The third kappa shape index (κ3) is 5.23. The topological polar surface area (TPSA) is 102 Å². The van der Waals surface area contributed by atoms with Crippen molar-refractivity contribution in [3.05, 3.63) is 53.5 Å². The highest BCUT2D eigenvalue weighted by Crippen LogP contribution is 2.37. The number of carbonyl (C=O) groups is 1. The largest absolute Gasteiger partial charge is 0.496 e. The van der Waals surface area contributed by atoms with Crippen molar-refractivity contribution in [1.29, 1.82) is 0 Å². The van der Waals surface area contributed by atoms with E-state index >= 15 is 0 Å². The van der Waals surface area contributed by atoms with Gasteiger partial charge in [-0.3, -0.25) is 4.79 Å². The fourth-order valence-electron chi connectivity index (χ4n) is 2.59. The molecule has 2 aromatic rings. The maximum Gasteiger partial charge on any atom is 0.267 e. The van der Waals surface area contributed by atoms with Crippen LogP contribution in [0.1, 0.15) is 18.4 Å². The van der Waals surface area contributed by atoms with Crippen molar-refractivity contribution in [2.75, 3.05) is 26.9 Å². The van der Waals surface area contributed by atoms with E-state index in [0.29, 0.717) is 22.6 Å². The second kappa shape index (κ2) is 9.75. The smallest absolute Gasteiger partial charge is 0.267 e. The number of amides is 1. The van der Waals surface area contributed by atoms with Gasteiger partial charge in [-0.1, -0.05) is 24.3 Å². The van der Waals surface area contributed by atoms with E-state index in [0.717, 1.165) is 12.8 Å². The van der Waals surface area contributed by atoms with Crippen LogP contribution in [-0.4, -0.2) is 33.2 Å². The zero-order chi connectivity index (χ0) is 20.7. The van der Waals surface area contributed by atoms with Crippen LogP contribution in [0, 0.1) is 5.82 Å². The molecule has 0 heterocycles. The lowest BCUT2D eigenvalue weighted by atomic mass is 9.98. The zero-order valence-corrected chi connectivity index (χ0v) is 16.4. The normalized spacial score (nSPS) is 13.4. The van der Waals surface area contributed by atoms with Crippen molar-refractivity contribution < 1.29 is 13.9 Å². The van der Waals surface area contributed by atoms with E-state index in [-0.39, 0.29) is 23.2 Å². The molecule has 1 fully saturated rings. The Kier molecular flexibility index (Phi) is 7.40. The van der Waals surface area contributed by atoms with Gasteiger partial charge in [0.2, 0.25) is 0 Å². The number of anilines is 1. The Morgan fingerprint density at radius 3 is 2.46 bits per heavy atom. The first-order valence-electron chi connectivity index (χ1n) is 9.00. The van der Waals surface area contributed by atoms with Crippen LogP contribution in [0.15, 0.2) is 42.1 Å². The van der Waals surface area contributed by atoms with Crippen LogP contribution in [0.4, 0.5) is 10.1 Å². The number of ether oxygens (including phenoxy) is 1. The minimum Gasteiger partial charge on any atom is -0.496 e. The lowest BCUT2D eigenvalue weighted by molar-refractivity contribution is -0.117. The van der Waals surface area contributed by atoms with Crippen molar-refractivity contribution in [3.63, 3.8) is 0 Å². The van der Waals surface area contributed by atoms with E-state index in [1.807, 2.05) is 14.1 Å². The van der Waals surface area contributed by atoms with Gasteiger partial charge in [0.1, 0.15) is 11.6 Å². The molecule has 0 unspecified atom stereocenters. The molecule has 6 N–H and O–H groups in total. The van der Waals surface area contributed by atoms with Crippen molar-refractivity contribution in [2.45, 2.75) is 18.9 Å². The van der Waals surface area contributed by atoms with Crippen LogP contribution in [0.3, 0.4) is 0 Å². The van der Waals surface area contributed by atoms with Gasteiger partial charge in [0.15, 0.2) is 0 Å². The number of halogens is 1. The summed E-state index contributed by atoms with van der Waals surface area (Å²) in [7, 11) is 5.22. The van der Waals surface area contributed by atoms with Crippen LogP contribution in [0.25, 0.3) is 17.2 Å². The van der Waals surface area contributed by atoms with Crippen molar-refractivity contribution >= 4 is 17.7 Å². The predicted molar refractivity (Wildman–Crippen MR) is 111 cm³/mol. The quantitative estimate of drug-likeness (QED) is 0.467. The first kappa shape index (κ1) is 21.2. The summed E-state index contributed by atoms with van der Waals surface area (Å²) in [4.78, 5) is 12.0. The molecular formula is C21H27FN4O2. The summed E-state index contributed by atoms with van der Waals surface area (Å²) in [6.07, 6.45) is 3.46. The second-order valence-electron chi connectivity index (χ2n) is 6.47. The highest BCUT2D eigenvalue weighted by Gasteiger charge is 2.24. The summed E-state index contributed by atoms with van der Waals surface area (Å²) in [6, 6.07) is 9.95. The fraction of sp³-hybridized carbons (Fsp3) is 0.286. The molecule has 0 radical (unpaired) electrons. The van der Waals surface area contributed by atoms with Gasteiger partial charge in [-0.05, 0) is 45.1 Å². The minimum absolute atomic E-state index is 0.0660. The van der Waals surface area contributed by atoms with E-state index in [1.165, 1.54) is 19.3 Å². The molecule has 7 heteroatoms. The first-order valence-corrected chi connectivity index (χ1v) is 9.00. The predicted octanol–water partition coefficient (Wildman–Crippen LogP) is 2.50. The third-order valence-electron chi connectivity index (χ3n) is 4.09. The van der Waals surface area contributed by atoms with E-state index in [9.17, 15) is 9.18 Å². The van der Waals surface area contributed by atoms with E-state index in [2.05, 4.69) is 10.6 Å². The molecule has 3 rings (SSSR count). The average Bonchev–Trinajstić information content (AvgIpc) is 3.48. The van der Waals surface area contributed by atoms with Gasteiger partial charge < -0.3 is 26.8 Å². The Morgan fingerprint density at radius 2 is 1.86 bits per heavy atom. The van der Waals surface area contributed by atoms with Gasteiger partial charge in [0.05, 0.1) is 18.4 Å². The molecule has 2 aromatic carbocycles. The van der Waals surface area contributed by atoms with E-state index in [4.69, 9.17) is 16.2 Å². The summed E-state index contributed by atoms with van der Waals surface area (Å²) in [5.41, 5.74) is 13.8. The maximum absolute atomic E-state index is 14.3.